The predicted octanol–water partition coefficient (Wildman–Crippen LogP) is 15.0. The zero-order chi connectivity index (χ0) is 38.2. The maximum absolute atomic E-state index is 6.13. The molecule has 0 saturated heterocycles. The number of furan rings is 1. The highest BCUT2D eigenvalue weighted by Crippen LogP contribution is 2.41. The van der Waals surface area contributed by atoms with E-state index in [1.165, 1.54) is 20.2 Å². The minimum absolute atomic E-state index is 0.648. The normalized spacial score (nSPS) is 11.8. The summed E-state index contributed by atoms with van der Waals surface area (Å²) in [6, 6.07) is 64.3. The lowest BCUT2D eigenvalue weighted by molar-refractivity contribution is 0.654. The van der Waals surface area contributed by atoms with E-state index in [1.807, 2.05) is 30.3 Å². The van der Waals surface area contributed by atoms with Gasteiger partial charge in [-0.3, -0.25) is 0 Å². The first-order valence-electron chi connectivity index (χ1n) is 19.2. The summed E-state index contributed by atoms with van der Waals surface area (Å²) < 4.78 is 8.53. The molecule has 4 heterocycles. The molecule has 0 aliphatic rings. The molecule has 0 saturated carbocycles. The SMILES string of the molecule is c1ccc2sc(-c3ccc4cc(N(c5ccc(-c6ccc7c(n6)oc6ccccc67)cc5)c5ccc6cc(-c7nc8ccccc8s7)ccc6c5)ccc4c3)nc2c1. The quantitative estimate of drug-likeness (QED) is 0.168. The maximum Gasteiger partial charge on any atom is 0.227 e. The van der Waals surface area contributed by atoms with Crippen LogP contribution < -0.4 is 4.90 Å². The summed E-state index contributed by atoms with van der Waals surface area (Å²) in [4.78, 5) is 17.1. The molecule has 0 amide bonds. The van der Waals surface area contributed by atoms with Gasteiger partial charge in [-0.1, -0.05) is 91.0 Å². The standard InChI is InChI=1S/C51H30N4OS2/c1-4-10-46-41(7-1)42-25-26-43(52-49(42)56-46)31-17-21-38(22-18-31)55(39-23-19-32-27-36(15-13-34(32)29-39)50-53-44-8-2-5-11-47(44)57-50)40-24-20-33-28-37(16-14-35(33)30-40)51-54-45-9-3-6-12-48(45)58-51/h1-30H. The van der Waals surface area contributed by atoms with E-state index >= 15 is 0 Å². The van der Waals surface area contributed by atoms with E-state index < -0.39 is 0 Å². The molecular weight excluding hydrogens is 749 g/mol. The lowest BCUT2D eigenvalue weighted by Crippen LogP contribution is -2.10. The number of nitrogens with zero attached hydrogens (tertiary/aromatic N) is 4. The van der Waals surface area contributed by atoms with Crippen molar-refractivity contribution in [2.24, 2.45) is 0 Å². The summed E-state index contributed by atoms with van der Waals surface area (Å²) in [5.74, 6) is 0. The van der Waals surface area contributed by atoms with Gasteiger partial charge in [-0.05, 0) is 113 Å². The number of pyridine rings is 1. The number of aromatic nitrogens is 3. The number of fused-ring (bicyclic) bond motifs is 7. The van der Waals surface area contributed by atoms with Gasteiger partial charge in [-0.15, -0.1) is 22.7 Å². The second kappa shape index (κ2) is 13.2. The summed E-state index contributed by atoms with van der Waals surface area (Å²) in [5, 5.41) is 8.83. The fourth-order valence-corrected chi connectivity index (χ4v) is 9.92. The molecule has 12 aromatic rings. The van der Waals surface area contributed by atoms with Crippen molar-refractivity contribution in [2.75, 3.05) is 4.90 Å². The summed E-state index contributed by atoms with van der Waals surface area (Å²) in [5.41, 5.74) is 10.9. The molecule has 12 rings (SSSR count). The van der Waals surface area contributed by atoms with E-state index in [9.17, 15) is 0 Å². The molecule has 0 fully saturated rings. The van der Waals surface area contributed by atoms with Crippen molar-refractivity contribution < 1.29 is 4.42 Å². The summed E-state index contributed by atoms with van der Waals surface area (Å²) in [6.45, 7) is 0. The number of hydrogen-bond acceptors (Lipinski definition) is 7. The third kappa shape index (κ3) is 5.63. The predicted molar refractivity (Wildman–Crippen MR) is 244 cm³/mol. The monoisotopic (exact) mass is 778 g/mol. The van der Waals surface area contributed by atoms with Crippen molar-refractivity contribution in [2.45, 2.75) is 0 Å². The van der Waals surface area contributed by atoms with Gasteiger partial charge in [0.1, 0.15) is 15.6 Å². The van der Waals surface area contributed by atoms with Gasteiger partial charge in [0.15, 0.2) is 0 Å². The molecule has 8 aromatic carbocycles. The van der Waals surface area contributed by atoms with Crippen molar-refractivity contribution in [1.82, 2.24) is 15.0 Å². The van der Waals surface area contributed by atoms with E-state index in [2.05, 4.69) is 157 Å². The van der Waals surface area contributed by atoms with Gasteiger partial charge in [-0.25, -0.2) is 15.0 Å². The van der Waals surface area contributed by atoms with Crippen LogP contribution in [0.3, 0.4) is 0 Å². The topological polar surface area (TPSA) is 55.1 Å². The first kappa shape index (κ1) is 33.0. The van der Waals surface area contributed by atoms with Crippen LogP contribution in [0.1, 0.15) is 0 Å². The number of benzene rings is 8. The second-order valence-corrected chi connectivity index (χ2v) is 16.6. The van der Waals surface area contributed by atoms with Crippen molar-refractivity contribution in [3.8, 4) is 32.4 Å². The van der Waals surface area contributed by atoms with Gasteiger partial charge < -0.3 is 9.32 Å². The molecule has 7 heteroatoms. The van der Waals surface area contributed by atoms with E-state index in [1.54, 1.807) is 22.7 Å². The molecule has 58 heavy (non-hydrogen) atoms. The first-order valence-corrected chi connectivity index (χ1v) is 20.8. The second-order valence-electron chi connectivity index (χ2n) is 14.5. The van der Waals surface area contributed by atoms with Crippen LogP contribution in [0.2, 0.25) is 0 Å². The fourth-order valence-electron chi connectivity index (χ4n) is 8.00. The summed E-state index contributed by atoms with van der Waals surface area (Å²) >= 11 is 3.46. The Morgan fingerprint density at radius 2 is 0.914 bits per heavy atom. The number of hydrogen-bond donors (Lipinski definition) is 0. The Hall–Kier alpha value is -7.19. The van der Waals surface area contributed by atoms with Gasteiger partial charge in [0.25, 0.3) is 0 Å². The lowest BCUT2D eigenvalue weighted by Gasteiger charge is -2.26. The number of para-hydroxylation sites is 3. The van der Waals surface area contributed by atoms with Crippen molar-refractivity contribution in [1.29, 1.82) is 0 Å². The zero-order valence-corrected chi connectivity index (χ0v) is 32.5. The Kier molecular flexibility index (Phi) is 7.51. The smallest absolute Gasteiger partial charge is 0.227 e. The summed E-state index contributed by atoms with van der Waals surface area (Å²) in [6.07, 6.45) is 0. The van der Waals surface area contributed by atoms with Crippen molar-refractivity contribution in [3.05, 3.63) is 182 Å². The third-order valence-corrected chi connectivity index (χ3v) is 13.1. The van der Waals surface area contributed by atoms with Crippen LogP contribution in [0.15, 0.2) is 186 Å². The van der Waals surface area contributed by atoms with E-state index in [0.29, 0.717) is 5.71 Å². The summed E-state index contributed by atoms with van der Waals surface area (Å²) in [7, 11) is 0. The molecule has 0 aliphatic carbocycles. The van der Waals surface area contributed by atoms with E-state index in [-0.39, 0.29) is 0 Å². The highest BCUT2D eigenvalue weighted by Gasteiger charge is 2.17. The van der Waals surface area contributed by atoms with Crippen LogP contribution in [0.25, 0.3) is 96.4 Å². The Morgan fingerprint density at radius 3 is 1.53 bits per heavy atom. The maximum atomic E-state index is 6.13. The molecule has 0 aliphatic heterocycles. The Balaban J connectivity index is 0.939. The molecule has 5 nitrogen and oxygen atoms in total. The number of anilines is 3. The highest BCUT2D eigenvalue weighted by atomic mass is 32.1. The first-order chi connectivity index (χ1) is 28.7. The highest BCUT2D eigenvalue weighted by molar-refractivity contribution is 7.22. The number of rotatable bonds is 6. The van der Waals surface area contributed by atoms with Gasteiger partial charge in [0, 0.05) is 44.5 Å². The minimum atomic E-state index is 0.648. The van der Waals surface area contributed by atoms with Gasteiger partial charge in [0.05, 0.1) is 26.1 Å². The molecule has 0 spiro atoms. The molecule has 0 bridgehead atoms. The average Bonchev–Trinajstić information content (AvgIpc) is 4.02. The van der Waals surface area contributed by atoms with Gasteiger partial charge in [0.2, 0.25) is 5.71 Å². The molecule has 0 unspecified atom stereocenters. The molecule has 4 aromatic heterocycles. The average molecular weight is 779 g/mol. The molecule has 0 N–H and O–H groups in total. The van der Waals surface area contributed by atoms with Crippen LogP contribution in [0.4, 0.5) is 17.1 Å². The largest absolute Gasteiger partial charge is 0.438 e. The van der Waals surface area contributed by atoms with Crippen molar-refractivity contribution in [3.63, 3.8) is 0 Å². The Bertz CT molecular complexity index is 3320. The van der Waals surface area contributed by atoms with E-state index in [4.69, 9.17) is 19.4 Å². The molecule has 272 valence electrons. The van der Waals surface area contributed by atoms with Gasteiger partial charge >= 0.3 is 0 Å². The minimum Gasteiger partial charge on any atom is -0.438 e. The third-order valence-electron chi connectivity index (χ3n) is 10.9. The van der Waals surface area contributed by atoms with Crippen LogP contribution in [0.5, 0.6) is 0 Å². The molecule has 0 atom stereocenters. The van der Waals surface area contributed by atoms with Crippen LogP contribution in [-0.4, -0.2) is 15.0 Å². The molecular formula is C51H30N4OS2. The van der Waals surface area contributed by atoms with Crippen LogP contribution in [-0.2, 0) is 0 Å². The zero-order valence-electron chi connectivity index (χ0n) is 30.8. The molecule has 0 radical (unpaired) electrons. The van der Waals surface area contributed by atoms with Gasteiger partial charge in [-0.2, -0.15) is 0 Å². The fraction of sp³-hybridized carbons (Fsp3) is 0. The Labute approximate surface area is 340 Å². The lowest BCUT2D eigenvalue weighted by atomic mass is 10.0. The van der Waals surface area contributed by atoms with E-state index in [0.717, 1.165) is 87.6 Å². The Morgan fingerprint density at radius 1 is 0.397 bits per heavy atom. The van der Waals surface area contributed by atoms with Crippen LogP contribution >= 0.6 is 22.7 Å². The van der Waals surface area contributed by atoms with Crippen LogP contribution in [0, 0.1) is 0 Å². The van der Waals surface area contributed by atoms with Crippen molar-refractivity contribution >= 4 is 104 Å². The number of thiazole rings is 2.